The summed E-state index contributed by atoms with van der Waals surface area (Å²) in [5.41, 5.74) is 6.61. The molecular formula is C11H16N4. The second kappa shape index (κ2) is 4.40. The van der Waals surface area contributed by atoms with Crippen LogP contribution in [0.25, 0.3) is 5.65 Å². The molecule has 15 heavy (non-hydrogen) atoms. The molecule has 0 aliphatic rings. The van der Waals surface area contributed by atoms with Crippen molar-refractivity contribution in [1.29, 1.82) is 0 Å². The summed E-state index contributed by atoms with van der Waals surface area (Å²) in [6.45, 7) is 2.03. The lowest BCUT2D eigenvalue weighted by molar-refractivity contribution is 0.612. The Morgan fingerprint density at radius 3 is 3.07 bits per heavy atom. The molecule has 0 aliphatic carbocycles. The Kier molecular flexibility index (Phi) is 2.97. The molecule has 2 aromatic rings. The normalized spacial score (nSPS) is 13.2. The van der Waals surface area contributed by atoms with Gasteiger partial charge in [0.2, 0.25) is 0 Å². The first kappa shape index (κ1) is 10.1. The van der Waals surface area contributed by atoms with Gasteiger partial charge in [0, 0.05) is 18.7 Å². The van der Waals surface area contributed by atoms with Gasteiger partial charge in [-0.05, 0) is 31.9 Å². The molecule has 80 valence electrons. The number of hydrogen-bond acceptors (Lipinski definition) is 3. The first-order chi connectivity index (χ1) is 7.27. The number of aromatic nitrogens is 3. The summed E-state index contributed by atoms with van der Waals surface area (Å²) in [6, 6.07) is 6.19. The molecule has 0 aliphatic heterocycles. The van der Waals surface area contributed by atoms with E-state index in [2.05, 4.69) is 10.2 Å². The van der Waals surface area contributed by atoms with E-state index in [0.717, 1.165) is 30.7 Å². The van der Waals surface area contributed by atoms with Crippen LogP contribution in [0.2, 0.25) is 0 Å². The predicted molar refractivity (Wildman–Crippen MR) is 59.6 cm³/mol. The molecule has 4 heteroatoms. The van der Waals surface area contributed by atoms with Gasteiger partial charge in [-0.25, -0.2) is 0 Å². The summed E-state index contributed by atoms with van der Waals surface area (Å²) in [4.78, 5) is 0. The van der Waals surface area contributed by atoms with E-state index in [4.69, 9.17) is 5.73 Å². The molecule has 0 radical (unpaired) electrons. The summed E-state index contributed by atoms with van der Waals surface area (Å²) in [5, 5.41) is 8.26. The number of aryl methyl sites for hydroxylation is 1. The second-order valence-electron chi connectivity index (χ2n) is 3.91. The zero-order valence-corrected chi connectivity index (χ0v) is 8.93. The monoisotopic (exact) mass is 204 g/mol. The molecule has 0 fully saturated rings. The topological polar surface area (TPSA) is 56.2 Å². The van der Waals surface area contributed by atoms with Crippen molar-refractivity contribution in [3.05, 3.63) is 30.2 Å². The van der Waals surface area contributed by atoms with Gasteiger partial charge in [0.05, 0.1) is 0 Å². The first-order valence-corrected chi connectivity index (χ1v) is 5.31. The molecule has 4 nitrogen and oxygen atoms in total. The number of nitrogens with two attached hydrogens (primary N) is 1. The lowest BCUT2D eigenvalue weighted by Gasteiger charge is -2.03. The van der Waals surface area contributed by atoms with Crippen LogP contribution in [-0.2, 0) is 6.42 Å². The van der Waals surface area contributed by atoms with Crippen LogP contribution >= 0.6 is 0 Å². The maximum atomic E-state index is 5.70. The van der Waals surface area contributed by atoms with Crippen LogP contribution < -0.4 is 5.73 Å². The summed E-state index contributed by atoms with van der Waals surface area (Å²) in [7, 11) is 0. The maximum absolute atomic E-state index is 5.70. The predicted octanol–water partition coefficient (Wildman–Crippen LogP) is 1.40. The average molecular weight is 204 g/mol. The van der Waals surface area contributed by atoms with Crippen molar-refractivity contribution in [3.63, 3.8) is 0 Å². The molecule has 0 spiro atoms. The number of fused-ring (bicyclic) bond motifs is 1. The zero-order chi connectivity index (χ0) is 10.7. The molecule has 2 rings (SSSR count). The molecular weight excluding hydrogens is 188 g/mol. The van der Waals surface area contributed by atoms with Crippen LogP contribution in [-0.4, -0.2) is 20.6 Å². The minimum atomic E-state index is 0.268. The fraction of sp³-hybridized carbons (Fsp3) is 0.455. The van der Waals surface area contributed by atoms with Gasteiger partial charge < -0.3 is 5.73 Å². The van der Waals surface area contributed by atoms with Crippen LogP contribution in [0, 0.1) is 0 Å². The molecule has 1 unspecified atom stereocenters. The van der Waals surface area contributed by atoms with Crippen molar-refractivity contribution in [3.8, 4) is 0 Å². The molecule has 2 N–H and O–H groups in total. The zero-order valence-electron chi connectivity index (χ0n) is 8.93. The molecule has 0 saturated heterocycles. The Morgan fingerprint density at radius 1 is 1.40 bits per heavy atom. The third-order valence-corrected chi connectivity index (χ3v) is 2.44. The Balaban J connectivity index is 2.08. The van der Waals surface area contributed by atoms with Crippen molar-refractivity contribution in [2.75, 3.05) is 0 Å². The van der Waals surface area contributed by atoms with E-state index in [-0.39, 0.29) is 6.04 Å². The average Bonchev–Trinajstić information content (AvgIpc) is 2.62. The lowest BCUT2D eigenvalue weighted by atomic mass is 10.1. The molecule has 1 atom stereocenters. The van der Waals surface area contributed by atoms with Gasteiger partial charge in [-0.1, -0.05) is 6.07 Å². The third-order valence-electron chi connectivity index (χ3n) is 2.44. The Hall–Kier alpha value is -1.42. The highest BCUT2D eigenvalue weighted by molar-refractivity contribution is 5.36. The van der Waals surface area contributed by atoms with Crippen molar-refractivity contribution in [2.24, 2.45) is 5.73 Å². The smallest absolute Gasteiger partial charge is 0.160 e. The van der Waals surface area contributed by atoms with Crippen LogP contribution in [0.3, 0.4) is 0 Å². The van der Waals surface area contributed by atoms with Gasteiger partial charge >= 0.3 is 0 Å². The molecule has 2 heterocycles. The van der Waals surface area contributed by atoms with Crippen LogP contribution in [0.15, 0.2) is 24.4 Å². The second-order valence-corrected chi connectivity index (χ2v) is 3.91. The van der Waals surface area contributed by atoms with Crippen molar-refractivity contribution in [1.82, 2.24) is 14.6 Å². The number of pyridine rings is 1. The largest absolute Gasteiger partial charge is 0.328 e. The van der Waals surface area contributed by atoms with Crippen molar-refractivity contribution >= 4 is 5.65 Å². The van der Waals surface area contributed by atoms with E-state index in [9.17, 15) is 0 Å². The summed E-state index contributed by atoms with van der Waals surface area (Å²) >= 11 is 0. The quantitative estimate of drug-likeness (QED) is 0.819. The van der Waals surface area contributed by atoms with E-state index >= 15 is 0 Å². The van der Waals surface area contributed by atoms with E-state index in [1.165, 1.54) is 0 Å². The van der Waals surface area contributed by atoms with Gasteiger partial charge in [0.15, 0.2) is 5.65 Å². The third kappa shape index (κ3) is 2.33. The number of rotatable bonds is 4. The highest BCUT2D eigenvalue weighted by atomic mass is 15.2. The summed E-state index contributed by atoms with van der Waals surface area (Å²) in [5.74, 6) is 1.02. The number of hydrogen-bond donors (Lipinski definition) is 1. The van der Waals surface area contributed by atoms with Gasteiger partial charge in [0.1, 0.15) is 5.82 Å². The van der Waals surface area contributed by atoms with Gasteiger partial charge in [-0.3, -0.25) is 4.40 Å². The van der Waals surface area contributed by atoms with Crippen molar-refractivity contribution < 1.29 is 0 Å². The standard InChI is InChI=1S/C11H16N4/c1-9(12)5-4-7-11-14-13-10-6-2-3-8-15(10)11/h2-3,6,8-9H,4-5,7,12H2,1H3. The minimum Gasteiger partial charge on any atom is -0.328 e. The molecule has 0 aromatic carbocycles. The Labute approximate surface area is 89.1 Å². The van der Waals surface area contributed by atoms with E-state index in [0.29, 0.717) is 0 Å². The highest BCUT2D eigenvalue weighted by Gasteiger charge is 2.04. The first-order valence-electron chi connectivity index (χ1n) is 5.31. The minimum absolute atomic E-state index is 0.268. The Morgan fingerprint density at radius 2 is 2.27 bits per heavy atom. The maximum Gasteiger partial charge on any atom is 0.160 e. The summed E-state index contributed by atoms with van der Waals surface area (Å²) in [6.07, 6.45) is 5.03. The Bertz CT molecular complexity index is 433. The lowest BCUT2D eigenvalue weighted by Crippen LogP contribution is -2.14. The fourth-order valence-electron chi connectivity index (χ4n) is 1.64. The highest BCUT2D eigenvalue weighted by Crippen LogP contribution is 2.06. The molecule has 2 aromatic heterocycles. The van der Waals surface area contributed by atoms with E-state index in [1.807, 2.05) is 35.7 Å². The fourth-order valence-corrected chi connectivity index (χ4v) is 1.64. The van der Waals surface area contributed by atoms with E-state index < -0.39 is 0 Å². The van der Waals surface area contributed by atoms with Crippen LogP contribution in [0.1, 0.15) is 25.6 Å². The molecule has 0 amide bonds. The SMILES string of the molecule is CC(N)CCCc1nnc2ccccn12. The van der Waals surface area contributed by atoms with Crippen LogP contribution in [0.4, 0.5) is 0 Å². The summed E-state index contributed by atoms with van der Waals surface area (Å²) < 4.78 is 2.03. The van der Waals surface area contributed by atoms with Crippen LogP contribution in [0.5, 0.6) is 0 Å². The van der Waals surface area contributed by atoms with Gasteiger partial charge in [-0.2, -0.15) is 0 Å². The van der Waals surface area contributed by atoms with Gasteiger partial charge in [-0.15, -0.1) is 10.2 Å². The molecule has 0 bridgehead atoms. The van der Waals surface area contributed by atoms with E-state index in [1.54, 1.807) is 0 Å². The number of nitrogens with zero attached hydrogens (tertiary/aromatic N) is 3. The molecule has 0 saturated carbocycles. The van der Waals surface area contributed by atoms with Crippen molar-refractivity contribution in [2.45, 2.75) is 32.2 Å². The van der Waals surface area contributed by atoms with Gasteiger partial charge in [0.25, 0.3) is 0 Å².